The lowest BCUT2D eigenvalue weighted by atomic mass is 9.90. The predicted molar refractivity (Wildman–Crippen MR) is 109 cm³/mol. The molecule has 3 rings (SSSR count). The minimum atomic E-state index is -4.56. The molecule has 0 fully saturated rings. The van der Waals surface area contributed by atoms with Gasteiger partial charge in [-0.05, 0) is 56.7 Å². The highest BCUT2D eigenvalue weighted by Crippen LogP contribution is 2.40. The fourth-order valence-corrected chi connectivity index (χ4v) is 3.83. The number of carbonyl (C=O) groups excluding carboxylic acids is 2. The Labute approximate surface area is 178 Å². The van der Waals surface area contributed by atoms with Crippen LogP contribution in [0, 0.1) is 11.3 Å². The van der Waals surface area contributed by atoms with Crippen molar-refractivity contribution >= 4 is 17.5 Å². The third-order valence-corrected chi connectivity index (χ3v) is 5.25. The van der Waals surface area contributed by atoms with Gasteiger partial charge in [0, 0.05) is 17.8 Å². The Morgan fingerprint density at radius 3 is 2.32 bits per heavy atom. The number of benzene rings is 2. The van der Waals surface area contributed by atoms with Crippen LogP contribution in [0.25, 0.3) is 0 Å². The number of nitrogens with zero attached hydrogens (tertiary/aromatic N) is 3. The number of amides is 2. The molecule has 0 bridgehead atoms. The van der Waals surface area contributed by atoms with E-state index < -0.39 is 23.8 Å². The van der Waals surface area contributed by atoms with Crippen molar-refractivity contribution in [3.05, 3.63) is 76.5 Å². The first-order valence-corrected chi connectivity index (χ1v) is 9.59. The van der Waals surface area contributed by atoms with E-state index >= 15 is 0 Å². The minimum absolute atomic E-state index is 0.0350. The van der Waals surface area contributed by atoms with E-state index in [-0.39, 0.29) is 23.7 Å². The number of likely N-dealkylation sites (N-methyl/N-ethyl adjacent to an activating group) is 1. The number of halogens is 3. The van der Waals surface area contributed by atoms with Crippen LogP contribution in [-0.4, -0.2) is 23.3 Å². The van der Waals surface area contributed by atoms with Crippen molar-refractivity contribution < 1.29 is 22.8 Å². The van der Waals surface area contributed by atoms with E-state index in [1.165, 1.54) is 24.0 Å². The number of anilines is 1. The van der Waals surface area contributed by atoms with E-state index in [9.17, 15) is 22.8 Å². The van der Waals surface area contributed by atoms with Gasteiger partial charge in [0.2, 0.25) is 0 Å². The van der Waals surface area contributed by atoms with Gasteiger partial charge in [-0.25, -0.2) is 4.79 Å². The maximum atomic E-state index is 13.4. The summed E-state index contributed by atoms with van der Waals surface area (Å²) in [6.45, 7) is 4.88. The molecule has 0 saturated heterocycles. The molecule has 1 aliphatic heterocycles. The van der Waals surface area contributed by atoms with E-state index in [0.29, 0.717) is 16.7 Å². The average molecular weight is 427 g/mol. The molecule has 0 spiro atoms. The quantitative estimate of drug-likeness (QED) is 0.652. The molecule has 8 heteroatoms. The van der Waals surface area contributed by atoms with Crippen molar-refractivity contribution in [3.8, 4) is 6.07 Å². The van der Waals surface area contributed by atoms with Gasteiger partial charge in [0.1, 0.15) is 0 Å². The molecule has 2 aromatic rings. The Balaban J connectivity index is 2.20. The minimum Gasteiger partial charge on any atom is -0.313 e. The zero-order chi connectivity index (χ0) is 22.9. The highest BCUT2D eigenvalue weighted by atomic mass is 19.4. The van der Waals surface area contributed by atoms with Gasteiger partial charge in [-0.1, -0.05) is 18.2 Å². The standard InChI is InChI=1S/C23H20F3N3O2/c1-4-28-21(17-10-8-16(13-27)9-11-17)20(15(3)30)14(2)29(22(28)31)19-7-5-6-18(12-19)23(24,25)26/h5-12,21H,4H2,1-3H3. The van der Waals surface area contributed by atoms with Gasteiger partial charge in [0.15, 0.2) is 5.78 Å². The second-order valence-electron chi connectivity index (χ2n) is 7.14. The summed E-state index contributed by atoms with van der Waals surface area (Å²) in [5, 5.41) is 9.04. The van der Waals surface area contributed by atoms with Crippen LogP contribution in [0.2, 0.25) is 0 Å². The fourth-order valence-electron chi connectivity index (χ4n) is 3.83. The largest absolute Gasteiger partial charge is 0.416 e. The number of ketones is 1. The van der Waals surface area contributed by atoms with E-state index in [2.05, 4.69) is 0 Å². The summed E-state index contributed by atoms with van der Waals surface area (Å²) < 4.78 is 39.7. The summed E-state index contributed by atoms with van der Waals surface area (Å²) >= 11 is 0. The maximum Gasteiger partial charge on any atom is 0.416 e. The summed E-state index contributed by atoms with van der Waals surface area (Å²) in [4.78, 5) is 28.6. The van der Waals surface area contributed by atoms with Crippen LogP contribution in [0.4, 0.5) is 23.7 Å². The van der Waals surface area contributed by atoms with Crippen LogP contribution in [0.5, 0.6) is 0 Å². The van der Waals surface area contributed by atoms with Gasteiger partial charge in [-0.15, -0.1) is 0 Å². The van der Waals surface area contributed by atoms with Crippen molar-refractivity contribution in [2.45, 2.75) is 33.0 Å². The molecule has 2 amide bonds. The smallest absolute Gasteiger partial charge is 0.313 e. The van der Waals surface area contributed by atoms with E-state index in [1.54, 1.807) is 38.1 Å². The third kappa shape index (κ3) is 4.04. The second kappa shape index (κ2) is 8.26. The molecule has 1 unspecified atom stereocenters. The number of alkyl halides is 3. The summed E-state index contributed by atoms with van der Waals surface area (Å²) in [6, 6.07) is 11.8. The zero-order valence-electron chi connectivity index (χ0n) is 17.2. The number of rotatable bonds is 4. The molecular weight excluding hydrogens is 407 g/mol. The molecule has 160 valence electrons. The highest BCUT2D eigenvalue weighted by Gasteiger charge is 2.41. The first-order chi connectivity index (χ1) is 14.6. The molecule has 0 saturated carbocycles. The van der Waals surface area contributed by atoms with Gasteiger partial charge in [0.25, 0.3) is 0 Å². The number of allylic oxidation sites excluding steroid dienone is 1. The Kier molecular flexibility index (Phi) is 5.89. The zero-order valence-corrected chi connectivity index (χ0v) is 17.2. The van der Waals surface area contributed by atoms with Gasteiger partial charge >= 0.3 is 12.2 Å². The first-order valence-electron chi connectivity index (χ1n) is 9.59. The number of nitriles is 1. The van der Waals surface area contributed by atoms with E-state index in [1.807, 2.05) is 6.07 Å². The molecule has 1 atom stereocenters. The summed E-state index contributed by atoms with van der Waals surface area (Å²) in [7, 11) is 0. The molecule has 5 nitrogen and oxygen atoms in total. The molecular formula is C23H20F3N3O2. The van der Waals surface area contributed by atoms with Crippen LogP contribution in [0.1, 0.15) is 43.5 Å². The Morgan fingerprint density at radius 2 is 1.81 bits per heavy atom. The van der Waals surface area contributed by atoms with Crippen molar-refractivity contribution in [2.75, 3.05) is 11.4 Å². The van der Waals surface area contributed by atoms with Gasteiger partial charge in [-0.2, -0.15) is 18.4 Å². The van der Waals surface area contributed by atoms with Crippen molar-refractivity contribution in [1.29, 1.82) is 5.26 Å². The molecule has 0 aliphatic carbocycles. The molecule has 1 heterocycles. The predicted octanol–water partition coefficient (Wildman–Crippen LogP) is 5.44. The average Bonchev–Trinajstić information content (AvgIpc) is 2.73. The number of hydrogen-bond donors (Lipinski definition) is 0. The van der Waals surface area contributed by atoms with Crippen molar-refractivity contribution in [2.24, 2.45) is 0 Å². The van der Waals surface area contributed by atoms with Gasteiger partial charge < -0.3 is 4.90 Å². The molecule has 0 N–H and O–H groups in total. The summed E-state index contributed by atoms with van der Waals surface area (Å²) in [6.07, 6.45) is -4.56. The molecule has 31 heavy (non-hydrogen) atoms. The summed E-state index contributed by atoms with van der Waals surface area (Å²) in [5.41, 5.74) is 0.812. The number of urea groups is 1. The van der Waals surface area contributed by atoms with Crippen molar-refractivity contribution in [1.82, 2.24) is 4.90 Å². The Bertz CT molecular complexity index is 1100. The number of hydrogen-bond acceptors (Lipinski definition) is 3. The van der Waals surface area contributed by atoms with E-state index in [4.69, 9.17) is 5.26 Å². The fraction of sp³-hybridized carbons (Fsp3) is 0.261. The summed E-state index contributed by atoms with van der Waals surface area (Å²) in [5.74, 6) is -0.296. The van der Waals surface area contributed by atoms with Crippen LogP contribution >= 0.6 is 0 Å². The third-order valence-electron chi connectivity index (χ3n) is 5.25. The van der Waals surface area contributed by atoms with Crippen molar-refractivity contribution in [3.63, 3.8) is 0 Å². The maximum absolute atomic E-state index is 13.4. The second-order valence-corrected chi connectivity index (χ2v) is 7.14. The molecule has 0 radical (unpaired) electrons. The monoisotopic (exact) mass is 427 g/mol. The number of Topliss-reactive ketones (excluding diaryl/α,β-unsaturated/α-hetero) is 1. The van der Waals surface area contributed by atoms with Crippen LogP contribution in [0.3, 0.4) is 0 Å². The van der Waals surface area contributed by atoms with Gasteiger partial charge in [0.05, 0.1) is 28.9 Å². The molecule has 0 aromatic heterocycles. The Morgan fingerprint density at radius 1 is 1.16 bits per heavy atom. The van der Waals surface area contributed by atoms with Crippen LogP contribution in [0.15, 0.2) is 59.8 Å². The topological polar surface area (TPSA) is 64.4 Å². The van der Waals surface area contributed by atoms with E-state index in [0.717, 1.165) is 17.0 Å². The van der Waals surface area contributed by atoms with Gasteiger partial charge in [-0.3, -0.25) is 9.69 Å². The first kappa shape index (κ1) is 22.1. The molecule has 1 aliphatic rings. The lowest BCUT2D eigenvalue weighted by Crippen LogP contribution is -2.50. The number of carbonyl (C=O) groups is 2. The SMILES string of the molecule is CCN1C(=O)N(c2cccc(C(F)(F)F)c2)C(C)=C(C(C)=O)C1c1ccc(C#N)cc1. The highest BCUT2D eigenvalue weighted by molar-refractivity contribution is 6.04. The Hall–Kier alpha value is -3.60. The van der Waals surface area contributed by atoms with Crippen LogP contribution < -0.4 is 4.90 Å². The normalized spacial score (nSPS) is 17.1. The van der Waals surface area contributed by atoms with Crippen LogP contribution in [-0.2, 0) is 11.0 Å². The lowest BCUT2D eigenvalue weighted by Gasteiger charge is -2.42. The lowest BCUT2D eigenvalue weighted by molar-refractivity contribution is -0.137. The molecule has 2 aromatic carbocycles.